The van der Waals surface area contributed by atoms with E-state index in [4.69, 9.17) is 0 Å². The molecule has 29 heavy (non-hydrogen) atoms. The van der Waals surface area contributed by atoms with Crippen LogP contribution in [0.4, 0.5) is 5.82 Å². The van der Waals surface area contributed by atoms with Crippen LogP contribution in [0.15, 0.2) is 72.0 Å². The molecule has 1 aromatic carbocycles. The van der Waals surface area contributed by atoms with Gasteiger partial charge in [-0.25, -0.2) is 9.67 Å². The van der Waals surface area contributed by atoms with Crippen molar-refractivity contribution >= 4 is 29.1 Å². The van der Waals surface area contributed by atoms with E-state index < -0.39 is 0 Å². The van der Waals surface area contributed by atoms with Crippen molar-refractivity contribution in [3.63, 3.8) is 0 Å². The molecule has 3 aromatic heterocycles. The van der Waals surface area contributed by atoms with Gasteiger partial charge in [-0.15, -0.1) is 11.8 Å². The predicted molar refractivity (Wildman–Crippen MR) is 116 cm³/mol. The molecule has 0 atom stereocenters. The number of benzene rings is 1. The van der Waals surface area contributed by atoms with Crippen LogP contribution in [-0.4, -0.2) is 25.1 Å². The number of aromatic nitrogens is 4. The maximum Gasteiger partial charge on any atom is 0.256 e. The zero-order valence-corrected chi connectivity index (χ0v) is 17.3. The third-order valence-electron chi connectivity index (χ3n) is 4.41. The van der Waals surface area contributed by atoms with Crippen molar-refractivity contribution in [3.8, 4) is 0 Å². The van der Waals surface area contributed by atoms with Gasteiger partial charge in [0.15, 0.2) is 0 Å². The van der Waals surface area contributed by atoms with E-state index in [-0.39, 0.29) is 5.91 Å². The monoisotopic (exact) mass is 405 g/mol. The van der Waals surface area contributed by atoms with Crippen molar-refractivity contribution in [1.29, 1.82) is 0 Å². The number of pyridine rings is 1. The van der Waals surface area contributed by atoms with Gasteiger partial charge in [-0.3, -0.25) is 4.79 Å². The molecular weight excluding hydrogens is 382 g/mol. The molecule has 0 fully saturated rings. The maximum atomic E-state index is 12.6. The summed E-state index contributed by atoms with van der Waals surface area (Å²) in [7, 11) is 0. The summed E-state index contributed by atoms with van der Waals surface area (Å²) in [6, 6.07) is 15.4. The molecule has 0 saturated heterocycles. The van der Waals surface area contributed by atoms with Crippen LogP contribution in [-0.2, 0) is 12.3 Å². The summed E-state index contributed by atoms with van der Waals surface area (Å²) in [6.07, 6.45) is 5.75. The van der Waals surface area contributed by atoms with Gasteiger partial charge in [-0.2, -0.15) is 5.10 Å². The van der Waals surface area contributed by atoms with Crippen LogP contribution in [0.2, 0.25) is 0 Å². The van der Waals surface area contributed by atoms with Crippen molar-refractivity contribution in [2.24, 2.45) is 5.92 Å². The Kier molecular flexibility index (Phi) is 5.67. The Morgan fingerprint density at radius 2 is 1.97 bits per heavy atom. The van der Waals surface area contributed by atoms with E-state index in [0.717, 1.165) is 28.5 Å². The number of nitrogens with one attached hydrogen (secondary N) is 1. The van der Waals surface area contributed by atoms with Crippen LogP contribution in [0, 0.1) is 5.92 Å². The number of nitrogens with zero attached hydrogens (tertiary/aromatic N) is 4. The highest BCUT2D eigenvalue weighted by Crippen LogP contribution is 2.23. The maximum absolute atomic E-state index is 12.6. The Balaban J connectivity index is 1.37. The van der Waals surface area contributed by atoms with Crippen molar-refractivity contribution in [2.45, 2.75) is 31.0 Å². The molecule has 6 nitrogen and oxygen atoms in total. The zero-order valence-electron chi connectivity index (χ0n) is 16.4. The second-order valence-electron chi connectivity index (χ2n) is 7.26. The molecule has 1 amide bonds. The van der Waals surface area contributed by atoms with Gasteiger partial charge in [0, 0.05) is 41.2 Å². The van der Waals surface area contributed by atoms with E-state index in [1.54, 1.807) is 18.0 Å². The third kappa shape index (κ3) is 4.68. The van der Waals surface area contributed by atoms with E-state index in [1.807, 2.05) is 70.0 Å². The smallest absolute Gasteiger partial charge is 0.256 e. The van der Waals surface area contributed by atoms with Gasteiger partial charge in [-0.1, -0.05) is 19.9 Å². The van der Waals surface area contributed by atoms with Crippen molar-refractivity contribution in [1.82, 2.24) is 19.2 Å². The molecule has 0 saturated carbocycles. The Morgan fingerprint density at radius 3 is 2.72 bits per heavy atom. The molecule has 0 aliphatic carbocycles. The van der Waals surface area contributed by atoms with E-state index in [1.165, 1.54) is 0 Å². The highest BCUT2D eigenvalue weighted by Gasteiger charge is 2.11. The van der Waals surface area contributed by atoms with Crippen LogP contribution in [0.3, 0.4) is 0 Å². The minimum Gasteiger partial charge on any atom is -0.307 e. The molecule has 4 aromatic rings. The lowest BCUT2D eigenvalue weighted by Gasteiger charge is -2.11. The van der Waals surface area contributed by atoms with Crippen LogP contribution in [0.25, 0.3) is 5.65 Å². The number of hydrogen-bond donors (Lipinski definition) is 1. The average Bonchev–Trinajstić information content (AvgIpc) is 3.32. The van der Waals surface area contributed by atoms with Gasteiger partial charge in [-0.05, 0) is 42.3 Å². The van der Waals surface area contributed by atoms with Crippen LogP contribution >= 0.6 is 11.8 Å². The summed E-state index contributed by atoms with van der Waals surface area (Å²) in [4.78, 5) is 18.3. The lowest BCUT2D eigenvalue weighted by Crippen LogP contribution is -2.17. The molecule has 4 rings (SSSR count). The molecule has 148 valence electrons. The van der Waals surface area contributed by atoms with Gasteiger partial charge in [0.25, 0.3) is 5.91 Å². The van der Waals surface area contributed by atoms with Gasteiger partial charge in [0.05, 0.1) is 11.9 Å². The fourth-order valence-electron chi connectivity index (χ4n) is 3.04. The second kappa shape index (κ2) is 8.53. The quantitative estimate of drug-likeness (QED) is 0.452. The topological polar surface area (TPSA) is 64.2 Å². The lowest BCUT2D eigenvalue weighted by molar-refractivity contribution is 0.102. The summed E-state index contributed by atoms with van der Waals surface area (Å²) < 4.78 is 3.84. The van der Waals surface area contributed by atoms with Gasteiger partial charge in [0.2, 0.25) is 0 Å². The fourth-order valence-corrected chi connectivity index (χ4v) is 3.82. The first-order chi connectivity index (χ1) is 14.1. The average molecular weight is 406 g/mol. The number of amides is 1. The number of imidazole rings is 1. The number of hydrogen-bond acceptors (Lipinski definition) is 4. The molecular formula is C22H23N5OS. The largest absolute Gasteiger partial charge is 0.307 e. The standard InChI is InChI=1S/C22H23N5OS/c1-16(2)13-27-21(10-11-23-27)25-22(28)17-6-8-19(9-7-17)29-15-18-14-26-12-4-3-5-20(26)24-18/h3-12,14,16H,13,15H2,1-2H3,(H,25,28). The number of thioether (sulfide) groups is 1. The fraction of sp³-hybridized carbons (Fsp3) is 0.227. The SMILES string of the molecule is CC(C)Cn1nccc1NC(=O)c1ccc(SCc2cn3ccccc3n2)cc1. The van der Waals surface area contributed by atoms with Crippen LogP contribution < -0.4 is 5.32 Å². The van der Waals surface area contributed by atoms with E-state index >= 15 is 0 Å². The summed E-state index contributed by atoms with van der Waals surface area (Å²) in [6.45, 7) is 5.01. The van der Waals surface area contributed by atoms with E-state index in [2.05, 4.69) is 29.2 Å². The van der Waals surface area contributed by atoms with Gasteiger partial charge < -0.3 is 9.72 Å². The molecule has 1 N–H and O–H groups in total. The van der Waals surface area contributed by atoms with Gasteiger partial charge in [0.1, 0.15) is 11.5 Å². The zero-order chi connectivity index (χ0) is 20.2. The molecule has 0 spiro atoms. The number of rotatable bonds is 7. The minimum absolute atomic E-state index is 0.132. The van der Waals surface area contributed by atoms with Crippen LogP contribution in [0.5, 0.6) is 0 Å². The van der Waals surface area contributed by atoms with Crippen molar-refractivity contribution in [3.05, 3.63) is 78.4 Å². The lowest BCUT2D eigenvalue weighted by atomic mass is 10.2. The molecule has 3 heterocycles. The highest BCUT2D eigenvalue weighted by atomic mass is 32.2. The summed E-state index contributed by atoms with van der Waals surface area (Å²) in [5.74, 6) is 1.82. The molecule has 0 bridgehead atoms. The Labute approximate surface area is 174 Å². The summed E-state index contributed by atoms with van der Waals surface area (Å²) in [5, 5.41) is 7.22. The molecule has 0 aliphatic heterocycles. The Morgan fingerprint density at radius 1 is 1.14 bits per heavy atom. The molecule has 0 aliphatic rings. The number of anilines is 1. The summed E-state index contributed by atoms with van der Waals surface area (Å²) >= 11 is 1.70. The Hall–Kier alpha value is -3.06. The van der Waals surface area contributed by atoms with Crippen molar-refractivity contribution in [2.75, 3.05) is 5.32 Å². The van der Waals surface area contributed by atoms with Gasteiger partial charge >= 0.3 is 0 Å². The number of carbonyl (C=O) groups is 1. The second-order valence-corrected chi connectivity index (χ2v) is 8.31. The van der Waals surface area contributed by atoms with E-state index in [0.29, 0.717) is 17.3 Å². The number of carbonyl (C=O) groups excluding carboxylic acids is 1. The Bertz CT molecular complexity index is 1080. The normalized spacial score (nSPS) is 11.3. The summed E-state index contributed by atoms with van der Waals surface area (Å²) in [5.41, 5.74) is 2.60. The van der Waals surface area contributed by atoms with Crippen LogP contribution in [0.1, 0.15) is 29.9 Å². The van der Waals surface area contributed by atoms with E-state index in [9.17, 15) is 4.79 Å². The molecule has 0 radical (unpaired) electrons. The highest BCUT2D eigenvalue weighted by molar-refractivity contribution is 7.98. The minimum atomic E-state index is -0.132. The molecule has 7 heteroatoms. The molecule has 0 unspecified atom stereocenters. The number of fused-ring (bicyclic) bond motifs is 1. The first kappa shape index (κ1) is 19.3. The first-order valence-corrected chi connectivity index (χ1v) is 10.6. The van der Waals surface area contributed by atoms with Crippen molar-refractivity contribution < 1.29 is 4.79 Å². The predicted octanol–water partition coefficient (Wildman–Crippen LogP) is 4.73. The first-order valence-electron chi connectivity index (χ1n) is 9.57. The third-order valence-corrected chi connectivity index (χ3v) is 5.46.